The number of rotatable bonds is 4. The fourth-order valence-electron chi connectivity index (χ4n) is 1.87. The summed E-state index contributed by atoms with van der Waals surface area (Å²) >= 11 is 1.70. The fraction of sp³-hybridized carbons (Fsp3) is 0.417. The van der Waals surface area contributed by atoms with Gasteiger partial charge in [0.2, 0.25) is 15.9 Å². The third-order valence-corrected chi connectivity index (χ3v) is 5.48. The average molecular weight is 315 g/mol. The van der Waals surface area contributed by atoms with Gasteiger partial charge in [-0.3, -0.25) is 4.79 Å². The Morgan fingerprint density at radius 2 is 2.15 bits per heavy atom. The first-order valence-corrected chi connectivity index (χ1v) is 8.83. The molecular weight excluding hydrogens is 298 g/mol. The van der Waals surface area contributed by atoms with E-state index >= 15 is 0 Å². The molecule has 1 saturated heterocycles. The number of anilines is 1. The van der Waals surface area contributed by atoms with Gasteiger partial charge in [-0.25, -0.2) is 13.1 Å². The summed E-state index contributed by atoms with van der Waals surface area (Å²) in [5.74, 6) is 1.46. The molecule has 1 aliphatic heterocycles. The van der Waals surface area contributed by atoms with Crippen molar-refractivity contribution in [2.75, 3.05) is 30.4 Å². The van der Waals surface area contributed by atoms with Gasteiger partial charge in [-0.2, -0.15) is 11.8 Å². The number of amides is 1. The van der Waals surface area contributed by atoms with Crippen molar-refractivity contribution in [2.24, 2.45) is 0 Å². The molecule has 0 radical (unpaired) electrons. The second-order valence-electron chi connectivity index (χ2n) is 4.27. The van der Waals surface area contributed by atoms with Crippen molar-refractivity contribution in [3.8, 4) is 0 Å². The van der Waals surface area contributed by atoms with Crippen LogP contribution in [0.4, 0.5) is 5.69 Å². The topological polar surface area (TPSA) is 87.3 Å². The lowest BCUT2D eigenvalue weighted by atomic mass is 10.2. The van der Waals surface area contributed by atoms with Crippen LogP contribution in [-0.2, 0) is 14.8 Å². The molecule has 3 N–H and O–H groups in total. The number of thioether (sulfide) groups is 1. The van der Waals surface area contributed by atoms with Gasteiger partial charge in [0.25, 0.3) is 0 Å². The molecule has 0 aromatic heterocycles. The molecule has 0 bridgehead atoms. The zero-order valence-corrected chi connectivity index (χ0v) is 12.7. The minimum Gasteiger partial charge on any atom is -0.323 e. The normalized spacial score (nSPS) is 19.6. The van der Waals surface area contributed by atoms with Gasteiger partial charge in [-0.05, 0) is 19.2 Å². The summed E-state index contributed by atoms with van der Waals surface area (Å²) in [6, 6.07) is 6.06. The van der Waals surface area contributed by atoms with Crippen LogP contribution >= 0.6 is 11.8 Å². The van der Waals surface area contributed by atoms with Gasteiger partial charge in [0.1, 0.15) is 4.90 Å². The fourth-order valence-corrected chi connectivity index (χ4v) is 3.69. The van der Waals surface area contributed by atoms with Crippen molar-refractivity contribution in [3.63, 3.8) is 0 Å². The monoisotopic (exact) mass is 315 g/mol. The summed E-state index contributed by atoms with van der Waals surface area (Å²) in [6.07, 6.45) is 0. The Hall–Kier alpha value is -1.09. The van der Waals surface area contributed by atoms with Crippen LogP contribution in [0.3, 0.4) is 0 Å². The van der Waals surface area contributed by atoms with E-state index in [2.05, 4.69) is 15.4 Å². The van der Waals surface area contributed by atoms with Crippen molar-refractivity contribution in [3.05, 3.63) is 24.3 Å². The maximum atomic E-state index is 12.1. The second-order valence-corrected chi connectivity index (χ2v) is 7.28. The van der Waals surface area contributed by atoms with Crippen LogP contribution in [0.1, 0.15) is 0 Å². The summed E-state index contributed by atoms with van der Waals surface area (Å²) in [5.41, 5.74) is 0.296. The van der Waals surface area contributed by atoms with Gasteiger partial charge in [-0.1, -0.05) is 12.1 Å². The minimum absolute atomic E-state index is 0.0688. The number of benzene rings is 1. The van der Waals surface area contributed by atoms with Crippen LogP contribution in [-0.4, -0.2) is 45.5 Å². The number of carbonyl (C=O) groups is 1. The molecule has 1 atom stereocenters. The van der Waals surface area contributed by atoms with Gasteiger partial charge < -0.3 is 10.6 Å². The Kier molecular flexibility index (Phi) is 5.03. The van der Waals surface area contributed by atoms with E-state index in [0.29, 0.717) is 11.4 Å². The number of para-hydroxylation sites is 1. The Morgan fingerprint density at radius 1 is 1.40 bits per heavy atom. The largest absolute Gasteiger partial charge is 0.323 e. The number of hydrogen-bond donors (Lipinski definition) is 3. The highest BCUT2D eigenvalue weighted by Crippen LogP contribution is 2.21. The zero-order chi connectivity index (χ0) is 14.6. The summed E-state index contributed by atoms with van der Waals surface area (Å²) in [4.78, 5) is 12.2. The standard InChI is InChI=1S/C12H17N3O3S2/c1-13-20(17,18)11-5-3-2-4-9(11)15-12(16)10-8-19-7-6-14-10/h2-5,10,13-14H,6-8H2,1H3,(H,15,16). The van der Waals surface area contributed by atoms with Crippen molar-refractivity contribution in [2.45, 2.75) is 10.9 Å². The number of hydrogen-bond acceptors (Lipinski definition) is 5. The maximum Gasteiger partial charge on any atom is 0.242 e. The summed E-state index contributed by atoms with van der Waals surface area (Å²) in [7, 11) is -2.25. The lowest BCUT2D eigenvalue weighted by molar-refractivity contribution is -0.117. The van der Waals surface area contributed by atoms with E-state index in [9.17, 15) is 13.2 Å². The molecule has 20 heavy (non-hydrogen) atoms. The highest BCUT2D eigenvalue weighted by molar-refractivity contribution is 7.99. The van der Waals surface area contributed by atoms with Crippen LogP contribution in [0, 0.1) is 0 Å². The van der Waals surface area contributed by atoms with Crippen LogP contribution in [0.5, 0.6) is 0 Å². The van der Waals surface area contributed by atoms with Crippen molar-refractivity contribution < 1.29 is 13.2 Å². The summed E-state index contributed by atoms with van der Waals surface area (Å²) in [6.45, 7) is 0.777. The molecule has 0 aliphatic carbocycles. The third-order valence-electron chi connectivity index (χ3n) is 2.94. The molecule has 0 saturated carbocycles. The molecule has 110 valence electrons. The highest BCUT2D eigenvalue weighted by Gasteiger charge is 2.23. The lowest BCUT2D eigenvalue weighted by Gasteiger charge is -2.22. The lowest BCUT2D eigenvalue weighted by Crippen LogP contribution is -2.46. The van der Waals surface area contributed by atoms with Crippen molar-refractivity contribution in [1.29, 1.82) is 0 Å². The Bertz CT molecular complexity index is 583. The Labute approximate surface area is 122 Å². The number of carbonyl (C=O) groups excluding carboxylic acids is 1. The van der Waals surface area contributed by atoms with Gasteiger partial charge >= 0.3 is 0 Å². The molecule has 1 aliphatic rings. The SMILES string of the molecule is CNS(=O)(=O)c1ccccc1NC(=O)C1CSCCN1. The summed E-state index contributed by atoms with van der Waals surface area (Å²) in [5, 5.41) is 5.80. The third kappa shape index (κ3) is 3.51. The smallest absolute Gasteiger partial charge is 0.242 e. The molecule has 6 nitrogen and oxygen atoms in total. The molecule has 8 heteroatoms. The van der Waals surface area contributed by atoms with E-state index in [-0.39, 0.29) is 16.8 Å². The summed E-state index contributed by atoms with van der Waals surface area (Å²) < 4.78 is 26.0. The first kappa shape index (κ1) is 15.3. The molecule has 1 fully saturated rings. The molecule has 1 aromatic carbocycles. The molecule has 1 heterocycles. The van der Waals surface area contributed by atoms with E-state index < -0.39 is 10.0 Å². The average Bonchev–Trinajstić information content (AvgIpc) is 2.48. The van der Waals surface area contributed by atoms with E-state index in [1.807, 2.05) is 0 Å². The molecule has 1 amide bonds. The van der Waals surface area contributed by atoms with Gasteiger partial charge in [0.05, 0.1) is 11.7 Å². The molecule has 2 rings (SSSR count). The Balaban J connectivity index is 2.19. The number of nitrogens with one attached hydrogen (secondary N) is 3. The van der Waals surface area contributed by atoms with Gasteiger partial charge in [0, 0.05) is 18.1 Å². The van der Waals surface area contributed by atoms with E-state index in [0.717, 1.165) is 12.3 Å². The van der Waals surface area contributed by atoms with Crippen LogP contribution in [0.15, 0.2) is 29.2 Å². The molecule has 1 unspecified atom stereocenters. The molecular formula is C12H17N3O3S2. The molecule has 1 aromatic rings. The zero-order valence-electron chi connectivity index (χ0n) is 11.0. The predicted molar refractivity (Wildman–Crippen MR) is 80.4 cm³/mol. The van der Waals surface area contributed by atoms with E-state index in [4.69, 9.17) is 0 Å². The van der Waals surface area contributed by atoms with Crippen LogP contribution < -0.4 is 15.4 Å². The van der Waals surface area contributed by atoms with Crippen molar-refractivity contribution in [1.82, 2.24) is 10.0 Å². The van der Waals surface area contributed by atoms with Crippen LogP contribution in [0.25, 0.3) is 0 Å². The Morgan fingerprint density at radius 3 is 2.80 bits per heavy atom. The quantitative estimate of drug-likeness (QED) is 0.741. The van der Waals surface area contributed by atoms with Crippen molar-refractivity contribution >= 4 is 33.4 Å². The maximum absolute atomic E-state index is 12.1. The highest BCUT2D eigenvalue weighted by atomic mass is 32.2. The van der Waals surface area contributed by atoms with E-state index in [1.54, 1.807) is 30.0 Å². The first-order chi connectivity index (χ1) is 9.54. The first-order valence-electron chi connectivity index (χ1n) is 6.19. The van der Waals surface area contributed by atoms with Gasteiger partial charge in [-0.15, -0.1) is 0 Å². The number of sulfonamides is 1. The molecule has 0 spiro atoms. The second kappa shape index (κ2) is 6.57. The minimum atomic E-state index is -3.60. The van der Waals surface area contributed by atoms with E-state index in [1.165, 1.54) is 13.1 Å². The van der Waals surface area contributed by atoms with Gasteiger partial charge in [0.15, 0.2) is 0 Å². The predicted octanol–water partition coefficient (Wildman–Crippen LogP) is 0.238. The van der Waals surface area contributed by atoms with Crippen LogP contribution in [0.2, 0.25) is 0 Å².